The summed E-state index contributed by atoms with van der Waals surface area (Å²) < 4.78 is 11.0. The Bertz CT molecular complexity index is 2560. The molecule has 3 unspecified atom stereocenters. The van der Waals surface area contributed by atoms with Crippen molar-refractivity contribution in [2.24, 2.45) is 16.2 Å². The number of benzene rings is 3. The van der Waals surface area contributed by atoms with E-state index in [1.807, 2.05) is 30.3 Å². The monoisotopic (exact) mass is 1490 g/mol. The third-order valence-electron chi connectivity index (χ3n) is 15.6. The van der Waals surface area contributed by atoms with Crippen LogP contribution in [0.1, 0.15) is 177 Å². The van der Waals surface area contributed by atoms with Gasteiger partial charge in [0.2, 0.25) is 0 Å². The standard InChI is InChI=1S/C19H23BrO2.C19H24O2.C18H21BrO2.CCl4.CH2Cl2.CH4.BBr3/c1-3-4-9-19-10-7-13-12-14(22-2)5-6-15(13)17(19)18(20)16(21)8-11-19;1-3-4-9-19-10-7-14-12-16(21-2)5-6-17(14)18(19)13-15(20)8-11-19;1-2-3-8-18-9-6-12-11-13(20)4-5-14(12)16(18)17(19)15(21)7-10-18;2-1(3,4)5;2-1-3;;2-1(3)4/h5-6,12H,3-4,7-11H2,1-2H3;5-6,12-13H,3-4,7-11H2,1-2H3;4-5,11,20H,2-3,6-10H2,1H3;;1H2;1H4;. The van der Waals surface area contributed by atoms with Crippen LogP contribution in [-0.2, 0) is 33.6 Å². The number of ketones is 3. The third-order valence-corrected chi connectivity index (χ3v) is 17.2. The molecule has 3 aromatic rings. The molecule has 9 rings (SSSR count). The summed E-state index contributed by atoms with van der Waals surface area (Å²) in [7, 11) is 3.41. The van der Waals surface area contributed by atoms with Gasteiger partial charge in [-0.25, -0.2) is 0 Å². The number of carbonyl (C=O) groups excluding carboxylic acids is 3. The number of unbranched alkanes of at least 4 members (excludes halogenated alkanes) is 3. The molecule has 0 aromatic heterocycles. The molecule has 0 bridgehead atoms. The molecule has 0 heterocycles. The van der Waals surface area contributed by atoms with E-state index in [0.717, 1.165) is 90.2 Å². The van der Waals surface area contributed by atoms with Crippen LogP contribution in [0.5, 0.6) is 17.2 Å². The van der Waals surface area contributed by atoms with Crippen molar-refractivity contribution in [1.29, 1.82) is 0 Å². The zero-order valence-electron chi connectivity index (χ0n) is 44.1. The number of aryl methyl sites for hydroxylation is 3. The van der Waals surface area contributed by atoms with Gasteiger partial charge in [0.25, 0.3) is 3.25 Å². The number of carbonyl (C=O) groups is 3. The van der Waals surface area contributed by atoms with E-state index in [9.17, 15) is 19.5 Å². The van der Waals surface area contributed by atoms with Crippen molar-refractivity contribution >= 4 is 186 Å². The van der Waals surface area contributed by atoms with Crippen LogP contribution in [0.3, 0.4) is 0 Å². The molecule has 3 atom stereocenters. The maximum atomic E-state index is 12.3. The van der Waals surface area contributed by atoms with Gasteiger partial charge >= 0.3 is 3.18 Å². The summed E-state index contributed by atoms with van der Waals surface area (Å²) in [5.74, 6) is 2.90. The molecule has 0 radical (unpaired) electrons. The second-order valence-corrected chi connectivity index (χ2v) is 32.3. The minimum atomic E-state index is -1.61. The Hall–Kier alpha value is -0.505. The van der Waals surface area contributed by atoms with Gasteiger partial charge < -0.3 is 14.6 Å². The summed E-state index contributed by atoms with van der Waals surface area (Å²) in [6, 6.07) is 18.2. The predicted molar refractivity (Wildman–Crippen MR) is 349 cm³/mol. The molecule has 0 fully saturated rings. The van der Waals surface area contributed by atoms with Crippen LogP contribution in [0.2, 0.25) is 0 Å². The first-order valence-electron chi connectivity index (χ1n) is 26.1. The average molecular weight is 1500 g/mol. The van der Waals surface area contributed by atoms with Gasteiger partial charge in [0.05, 0.1) is 28.5 Å². The number of aromatic hydroxyl groups is 1. The number of ether oxygens (including phenoxy) is 2. The molecular formula is C59H74BBr5Cl6O6. The number of Topliss-reactive ketones (excluding diaryl/α,β-unsaturated/α-hetero) is 2. The molecule has 0 amide bonds. The van der Waals surface area contributed by atoms with Crippen molar-refractivity contribution in [3.8, 4) is 17.2 Å². The second kappa shape index (κ2) is 33.7. The molecule has 6 aliphatic carbocycles. The fourth-order valence-corrected chi connectivity index (χ4v) is 13.5. The summed E-state index contributed by atoms with van der Waals surface area (Å²) in [6.07, 6.45) is 24.4. The van der Waals surface area contributed by atoms with E-state index < -0.39 is 3.25 Å². The summed E-state index contributed by atoms with van der Waals surface area (Å²) in [5.41, 5.74) is 11.9. The second-order valence-electron chi connectivity index (χ2n) is 20.1. The van der Waals surface area contributed by atoms with Gasteiger partial charge in [-0.2, -0.15) is 0 Å². The highest BCUT2D eigenvalue weighted by molar-refractivity contribution is 9.69. The van der Waals surface area contributed by atoms with E-state index in [-0.39, 0.29) is 43.8 Å². The normalized spacial score (nSPS) is 21.6. The fourth-order valence-electron chi connectivity index (χ4n) is 11.9. The molecule has 0 aliphatic heterocycles. The Kier molecular flexibility index (Phi) is 31.0. The van der Waals surface area contributed by atoms with Crippen molar-refractivity contribution in [3.05, 3.63) is 103 Å². The lowest BCUT2D eigenvalue weighted by molar-refractivity contribution is -0.116. The molecule has 0 spiro atoms. The largest absolute Gasteiger partial charge is 0.508 e. The summed E-state index contributed by atoms with van der Waals surface area (Å²) in [6.45, 7) is 6.71. The number of hydrogen-bond donors (Lipinski definition) is 1. The van der Waals surface area contributed by atoms with Crippen LogP contribution in [-0.4, -0.2) is 48.5 Å². The number of hydrogen-bond acceptors (Lipinski definition) is 6. The summed E-state index contributed by atoms with van der Waals surface area (Å²) in [5, 5.41) is 9.91. The average Bonchev–Trinajstić information content (AvgIpc) is 3.39. The van der Waals surface area contributed by atoms with Crippen molar-refractivity contribution in [3.63, 3.8) is 0 Å². The van der Waals surface area contributed by atoms with E-state index in [2.05, 4.69) is 124 Å². The van der Waals surface area contributed by atoms with E-state index in [1.165, 1.54) is 102 Å². The van der Waals surface area contributed by atoms with Gasteiger partial charge in [-0.3, -0.25) is 14.4 Å². The van der Waals surface area contributed by atoms with Crippen LogP contribution in [0.4, 0.5) is 0 Å². The Morgan fingerprint density at radius 3 is 1.32 bits per heavy atom. The Labute approximate surface area is 531 Å². The van der Waals surface area contributed by atoms with Crippen molar-refractivity contribution in [2.75, 3.05) is 19.6 Å². The number of phenolic OH excluding ortho intramolecular Hbond substituents is 1. The molecule has 426 valence electrons. The molecule has 3 aromatic carbocycles. The maximum Gasteiger partial charge on any atom is 0.369 e. The topological polar surface area (TPSA) is 89.9 Å². The van der Waals surface area contributed by atoms with Crippen molar-refractivity contribution in [1.82, 2.24) is 0 Å². The van der Waals surface area contributed by atoms with E-state index in [1.54, 1.807) is 20.3 Å². The zero-order chi connectivity index (χ0) is 56.4. The number of halogens is 11. The molecular weight excluding hydrogens is 1430 g/mol. The third kappa shape index (κ3) is 19.8. The highest BCUT2D eigenvalue weighted by atomic mass is 79.9. The van der Waals surface area contributed by atoms with E-state index in [0.29, 0.717) is 24.4 Å². The Morgan fingerprint density at radius 2 is 0.909 bits per heavy atom. The number of rotatable bonds is 11. The lowest BCUT2D eigenvalue weighted by atomic mass is 9.61. The number of allylic oxidation sites excluding steroid dienone is 6. The predicted octanol–water partition coefficient (Wildman–Crippen LogP) is 21.6. The fraction of sp³-hybridized carbons (Fsp3) is 0.542. The molecule has 0 saturated carbocycles. The lowest BCUT2D eigenvalue weighted by Crippen LogP contribution is -2.33. The van der Waals surface area contributed by atoms with Gasteiger partial charge in [0, 0.05) is 19.3 Å². The van der Waals surface area contributed by atoms with Gasteiger partial charge in [0.1, 0.15) is 17.2 Å². The first-order chi connectivity index (χ1) is 36.0. The molecule has 1 N–H and O–H groups in total. The highest BCUT2D eigenvalue weighted by Gasteiger charge is 2.46. The minimum Gasteiger partial charge on any atom is -0.508 e. The van der Waals surface area contributed by atoms with E-state index >= 15 is 0 Å². The number of methoxy groups -OCH3 is 2. The number of alkyl halides is 6. The van der Waals surface area contributed by atoms with Gasteiger partial charge in [-0.05, 0) is 218 Å². The molecule has 77 heavy (non-hydrogen) atoms. The van der Waals surface area contributed by atoms with Crippen molar-refractivity contribution in [2.45, 2.75) is 166 Å². The van der Waals surface area contributed by atoms with Gasteiger partial charge in [-0.1, -0.05) is 131 Å². The minimum absolute atomic E-state index is 0. The van der Waals surface area contributed by atoms with Crippen LogP contribution >= 0.6 is 149 Å². The molecule has 0 saturated heterocycles. The summed E-state index contributed by atoms with van der Waals surface area (Å²) in [4.78, 5) is 36.4. The number of fused-ring (bicyclic) bond motifs is 9. The summed E-state index contributed by atoms with van der Waals surface area (Å²) >= 11 is 45.4. The molecule has 18 heteroatoms. The Morgan fingerprint density at radius 1 is 0.571 bits per heavy atom. The zero-order valence-corrected chi connectivity index (χ0v) is 56.5. The highest BCUT2D eigenvalue weighted by Crippen LogP contribution is 2.58. The quantitative estimate of drug-likeness (QED) is 0.152. The maximum absolute atomic E-state index is 12.3. The SMILES string of the molecule is BrB(Br)Br.C.CCCCC12CCC(=O)C(Br)=C1c1ccc(O)cc1CC2.CCCCC12CCC(=O)C(Br)=C1c1ccc(OC)cc1CC2.CCCCC12CCC(=O)C=C1c1ccc(OC)cc1CC2.ClC(Cl)(Cl)Cl.ClCCl. The molecule has 6 nitrogen and oxygen atoms in total. The number of phenols is 1. The van der Waals surface area contributed by atoms with Crippen LogP contribution in [0.15, 0.2) is 69.6 Å². The van der Waals surface area contributed by atoms with Gasteiger partial charge in [-0.15, -0.1) is 70.5 Å². The van der Waals surface area contributed by atoms with Crippen LogP contribution in [0.25, 0.3) is 16.7 Å². The first kappa shape index (κ1) is 70.8. The molecule has 6 aliphatic rings. The lowest BCUT2D eigenvalue weighted by Gasteiger charge is -2.44. The van der Waals surface area contributed by atoms with Crippen LogP contribution < -0.4 is 9.47 Å². The van der Waals surface area contributed by atoms with Gasteiger partial charge in [0.15, 0.2) is 17.3 Å². The smallest absolute Gasteiger partial charge is 0.369 e. The first-order valence-corrected chi connectivity index (χ1v) is 33.0. The van der Waals surface area contributed by atoms with E-state index in [4.69, 9.17) is 79.1 Å². The van der Waals surface area contributed by atoms with Crippen LogP contribution in [0, 0.1) is 16.2 Å². The Balaban J connectivity index is 0.000000273. The van der Waals surface area contributed by atoms with Crippen molar-refractivity contribution < 1.29 is 29.0 Å².